The van der Waals surface area contributed by atoms with E-state index in [-0.39, 0.29) is 0 Å². The van der Waals surface area contributed by atoms with Crippen LogP contribution in [0.1, 0.15) is 51.9 Å². The van der Waals surface area contributed by atoms with Gasteiger partial charge in [-0.1, -0.05) is 32.6 Å². The average molecular weight is 270 g/mol. The SMILES string of the molecule is CCCCOCCNCCN(C)CC1CCCCC1. The Hall–Kier alpha value is -0.120. The zero-order valence-corrected chi connectivity index (χ0v) is 13.1. The Morgan fingerprint density at radius 3 is 2.63 bits per heavy atom. The molecule has 0 aliphatic heterocycles. The van der Waals surface area contributed by atoms with Crippen LogP contribution >= 0.6 is 0 Å². The fourth-order valence-corrected chi connectivity index (χ4v) is 2.79. The van der Waals surface area contributed by atoms with Crippen LogP contribution in [0.3, 0.4) is 0 Å². The Bertz CT molecular complexity index is 193. The zero-order valence-electron chi connectivity index (χ0n) is 13.1. The van der Waals surface area contributed by atoms with E-state index in [2.05, 4.69) is 24.2 Å². The number of likely N-dealkylation sites (N-methyl/N-ethyl adjacent to an activating group) is 1. The summed E-state index contributed by atoms with van der Waals surface area (Å²) in [6.45, 7) is 8.48. The molecule has 0 amide bonds. The first kappa shape index (κ1) is 16.9. The van der Waals surface area contributed by atoms with Crippen LogP contribution in [0.5, 0.6) is 0 Å². The van der Waals surface area contributed by atoms with Gasteiger partial charge in [0.2, 0.25) is 0 Å². The second-order valence-corrected chi connectivity index (χ2v) is 5.98. The lowest BCUT2D eigenvalue weighted by Gasteiger charge is -2.27. The van der Waals surface area contributed by atoms with Crippen LogP contribution in [0.25, 0.3) is 0 Å². The molecule has 0 unspecified atom stereocenters. The molecule has 1 fully saturated rings. The standard InChI is InChI=1S/C16H34N2O/c1-3-4-13-19-14-11-17-10-12-18(2)15-16-8-6-5-7-9-16/h16-17H,3-15H2,1-2H3. The number of nitrogens with one attached hydrogen (secondary N) is 1. The van der Waals surface area contributed by atoms with Gasteiger partial charge in [-0.2, -0.15) is 0 Å². The molecule has 0 atom stereocenters. The monoisotopic (exact) mass is 270 g/mol. The lowest BCUT2D eigenvalue weighted by atomic mass is 9.89. The van der Waals surface area contributed by atoms with Crippen molar-refractivity contribution in [2.24, 2.45) is 5.92 Å². The topological polar surface area (TPSA) is 24.5 Å². The quantitative estimate of drug-likeness (QED) is 0.584. The Morgan fingerprint density at radius 1 is 1.11 bits per heavy atom. The first-order valence-corrected chi connectivity index (χ1v) is 8.30. The summed E-state index contributed by atoms with van der Waals surface area (Å²) in [6.07, 6.45) is 9.66. The largest absolute Gasteiger partial charge is 0.380 e. The lowest BCUT2D eigenvalue weighted by Crippen LogP contribution is -2.34. The first-order chi connectivity index (χ1) is 9.33. The van der Waals surface area contributed by atoms with Crippen molar-refractivity contribution in [3.05, 3.63) is 0 Å². The lowest BCUT2D eigenvalue weighted by molar-refractivity contribution is 0.132. The van der Waals surface area contributed by atoms with Gasteiger partial charge in [0.05, 0.1) is 6.61 Å². The van der Waals surface area contributed by atoms with E-state index < -0.39 is 0 Å². The molecule has 1 aliphatic carbocycles. The summed E-state index contributed by atoms with van der Waals surface area (Å²) in [7, 11) is 2.26. The van der Waals surface area contributed by atoms with Crippen LogP contribution in [0.4, 0.5) is 0 Å². The van der Waals surface area contributed by atoms with Gasteiger partial charge in [-0.3, -0.25) is 0 Å². The third-order valence-corrected chi connectivity index (χ3v) is 4.03. The van der Waals surface area contributed by atoms with Gasteiger partial charge >= 0.3 is 0 Å². The second kappa shape index (κ2) is 11.7. The summed E-state index contributed by atoms with van der Waals surface area (Å²) in [5.74, 6) is 0.955. The van der Waals surface area contributed by atoms with Gasteiger partial charge in [-0.05, 0) is 32.2 Å². The fraction of sp³-hybridized carbons (Fsp3) is 1.00. The van der Waals surface area contributed by atoms with E-state index in [1.807, 2.05) is 0 Å². The van der Waals surface area contributed by atoms with E-state index in [4.69, 9.17) is 4.74 Å². The van der Waals surface area contributed by atoms with E-state index in [0.29, 0.717) is 0 Å². The van der Waals surface area contributed by atoms with Gasteiger partial charge in [-0.25, -0.2) is 0 Å². The van der Waals surface area contributed by atoms with E-state index in [1.54, 1.807) is 0 Å². The Morgan fingerprint density at radius 2 is 1.89 bits per heavy atom. The number of ether oxygens (including phenoxy) is 1. The zero-order chi connectivity index (χ0) is 13.8. The molecule has 0 spiro atoms. The molecule has 19 heavy (non-hydrogen) atoms. The second-order valence-electron chi connectivity index (χ2n) is 5.98. The fourth-order valence-electron chi connectivity index (χ4n) is 2.79. The van der Waals surface area contributed by atoms with Crippen LogP contribution in [-0.2, 0) is 4.74 Å². The van der Waals surface area contributed by atoms with Gasteiger partial charge in [0.25, 0.3) is 0 Å². The highest BCUT2D eigenvalue weighted by atomic mass is 16.5. The summed E-state index contributed by atoms with van der Waals surface area (Å²) in [6, 6.07) is 0. The van der Waals surface area contributed by atoms with Crippen molar-refractivity contribution < 1.29 is 4.74 Å². The summed E-state index contributed by atoms with van der Waals surface area (Å²) in [5.41, 5.74) is 0. The van der Waals surface area contributed by atoms with Gasteiger partial charge in [-0.15, -0.1) is 0 Å². The average Bonchev–Trinajstić information content (AvgIpc) is 2.43. The molecule has 1 aliphatic rings. The number of nitrogens with zero attached hydrogens (tertiary/aromatic N) is 1. The van der Waals surface area contributed by atoms with E-state index in [0.717, 1.165) is 38.8 Å². The molecule has 0 heterocycles. The van der Waals surface area contributed by atoms with E-state index in [1.165, 1.54) is 51.5 Å². The van der Waals surface area contributed by atoms with Crippen molar-refractivity contribution in [2.45, 2.75) is 51.9 Å². The van der Waals surface area contributed by atoms with Crippen LogP contribution < -0.4 is 5.32 Å². The predicted octanol–water partition coefficient (Wildman–Crippen LogP) is 2.90. The first-order valence-electron chi connectivity index (χ1n) is 8.30. The highest BCUT2D eigenvalue weighted by Gasteiger charge is 2.14. The van der Waals surface area contributed by atoms with Crippen molar-refractivity contribution in [3.8, 4) is 0 Å². The van der Waals surface area contributed by atoms with Crippen molar-refractivity contribution in [1.29, 1.82) is 0 Å². The molecule has 0 saturated heterocycles. The van der Waals surface area contributed by atoms with Crippen LogP contribution in [0, 0.1) is 5.92 Å². The molecule has 0 aromatic heterocycles. The Balaban J connectivity index is 1.85. The molecular formula is C16H34N2O. The molecule has 0 radical (unpaired) electrons. The van der Waals surface area contributed by atoms with Crippen LogP contribution in [-0.4, -0.2) is 51.3 Å². The Labute approximate surface area is 120 Å². The van der Waals surface area contributed by atoms with Crippen molar-refractivity contribution in [2.75, 3.05) is 46.4 Å². The van der Waals surface area contributed by atoms with E-state index in [9.17, 15) is 0 Å². The molecule has 0 bridgehead atoms. The molecule has 1 rings (SSSR count). The van der Waals surface area contributed by atoms with Gasteiger partial charge in [0, 0.05) is 32.8 Å². The minimum atomic E-state index is 0.854. The number of unbranched alkanes of at least 4 members (excludes halogenated alkanes) is 1. The normalized spacial score (nSPS) is 17.2. The molecule has 0 aromatic carbocycles. The van der Waals surface area contributed by atoms with E-state index >= 15 is 0 Å². The minimum absolute atomic E-state index is 0.854. The van der Waals surface area contributed by atoms with Crippen LogP contribution in [0.2, 0.25) is 0 Å². The third kappa shape index (κ3) is 9.42. The van der Waals surface area contributed by atoms with Gasteiger partial charge in [0.1, 0.15) is 0 Å². The highest BCUT2D eigenvalue weighted by molar-refractivity contribution is 4.69. The van der Waals surface area contributed by atoms with Crippen molar-refractivity contribution >= 4 is 0 Å². The van der Waals surface area contributed by atoms with Crippen molar-refractivity contribution in [3.63, 3.8) is 0 Å². The molecule has 114 valence electrons. The molecule has 1 saturated carbocycles. The van der Waals surface area contributed by atoms with Gasteiger partial charge in [0.15, 0.2) is 0 Å². The number of hydrogen-bond donors (Lipinski definition) is 1. The number of rotatable bonds is 11. The number of hydrogen-bond acceptors (Lipinski definition) is 3. The molecule has 0 aromatic rings. The summed E-state index contributed by atoms with van der Waals surface area (Å²) in [4.78, 5) is 2.49. The Kier molecular flexibility index (Phi) is 10.4. The maximum absolute atomic E-state index is 5.53. The highest BCUT2D eigenvalue weighted by Crippen LogP contribution is 2.23. The molecular weight excluding hydrogens is 236 g/mol. The summed E-state index contributed by atoms with van der Waals surface area (Å²) >= 11 is 0. The smallest absolute Gasteiger partial charge is 0.0590 e. The maximum atomic E-state index is 5.53. The minimum Gasteiger partial charge on any atom is -0.380 e. The molecule has 1 N–H and O–H groups in total. The van der Waals surface area contributed by atoms with Crippen LogP contribution in [0.15, 0.2) is 0 Å². The van der Waals surface area contributed by atoms with Crippen molar-refractivity contribution in [1.82, 2.24) is 10.2 Å². The third-order valence-electron chi connectivity index (χ3n) is 4.03. The summed E-state index contributed by atoms with van der Waals surface area (Å²) in [5, 5.41) is 3.46. The maximum Gasteiger partial charge on any atom is 0.0590 e. The van der Waals surface area contributed by atoms with Gasteiger partial charge < -0.3 is 15.0 Å². The molecule has 3 heteroatoms. The molecule has 3 nitrogen and oxygen atoms in total. The predicted molar refractivity (Wildman–Crippen MR) is 82.7 cm³/mol. The summed E-state index contributed by atoms with van der Waals surface area (Å²) < 4.78 is 5.53.